The van der Waals surface area contributed by atoms with Gasteiger partial charge in [0.15, 0.2) is 22.8 Å². The first kappa shape index (κ1) is 71.8. The summed E-state index contributed by atoms with van der Waals surface area (Å²) in [5.41, 5.74) is 4.30. The molecule has 1 fully saturated rings. The van der Waals surface area contributed by atoms with Crippen LogP contribution in [0.4, 0.5) is 5.82 Å². The first-order valence-electron chi connectivity index (χ1n) is 29.1. The predicted molar refractivity (Wildman–Crippen MR) is 307 cm³/mol. The Morgan fingerprint density at radius 3 is 1.70 bits per heavy atom. The van der Waals surface area contributed by atoms with E-state index < -0.39 is 84.6 Å². The molecular formula is C52H96N7O17P3S. The van der Waals surface area contributed by atoms with Gasteiger partial charge in [-0.1, -0.05) is 206 Å². The Morgan fingerprint density at radius 1 is 0.713 bits per heavy atom. The molecule has 2 aromatic heterocycles. The number of thioether (sulfide) groups is 1. The number of nitrogens with two attached hydrogens (primary N) is 1. The molecule has 28 heteroatoms. The summed E-state index contributed by atoms with van der Waals surface area (Å²) in [6.45, 7) is 2.88. The smallest absolute Gasteiger partial charge is 0.386 e. The lowest BCUT2D eigenvalue weighted by molar-refractivity contribution is -0.137. The standard InChI is InChI=1S/C52H96N7O17P3S/c1-4-5-6-7-8-9-10-11-12-13-14-15-16-17-18-19-20-21-22-23-24-25-26-27-28-29-30-31-32-43(61)80-36-35-54-42(60)33-34-55-50(64)47(63)52(2,3)38-73-79(70,71)76-78(68,69)72-37-41-46(75-77(65,66)67)45(62)51(74-41)59-40-58-44-48(53)56-39-57-49(44)59/h39-41,45-47,51,62-63H,4-38H2,1-3H3,(H,54,60)(H,55,64)(H,68,69)(H,70,71)(H2,53,56,57)(H2,65,66,67). The van der Waals surface area contributed by atoms with Gasteiger partial charge in [-0.15, -0.1) is 0 Å². The van der Waals surface area contributed by atoms with Gasteiger partial charge < -0.3 is 50.9 Å². The Morgan fingerprint density at radius 2 is 1.20 bits per heavy atom. The molecular weight excluding hydrogens is 1120 g/mol. The van der Waals surface area contributed by atoms with E-state index in [-0.39, 0.29) is 41.6 Å². The fraction of sp³-hybridized carbons (Fsp3) is 0.846. The van der Waals surface area contributed by atoms with Crippen LogP contribution in [0.5, 0.6) is 0 Å². The second-order valence-electron chi connectivity index (χ2n) is 21.6. The number of nitrogen functional groups attached to an aromatic ring is 1. The van der Waals surface area contributed by atoms with Crippen molar-refractivity contribution in [1.82, 2.24) is 30.2 Å². The van der Waals surface area contributed by atoms with E-state index in [2.05, 4.69) is 41.3 Å². The summed E-state index contributed by atoms with van der Waals surface area (Å²) in [5.74, 6) is -1.01. The molecule has 0 aliphatic carbocycles. The average Bonchev–Trinajstić information content (AvgIpc) is 4.17. The molecule has 10 N–H and O–H groups in total. The van der Waals surface area contributed by atoms with Gasteiger partial charge in [0, 0.05) is 37.1 Å². The molecule has 1 aliphatic heterocycles. The summed E-state index contributed by atoms with van der Waals surface area (Å²) in [7, 11) is -16.4. The van der Waals surface area contributed by atoms with Gasteiger partial charge in [0.2, 0.25) is 11.8 Å². The van der Waals surface area contributed by atoms with Crippen molar-refractivity contribution in [3.63, 3.8) is 0 Å². The third-order valence-electron chi connectivity index (χ3n) is 14.0. The topological polar surface area (TPSA) is 364 Å². The maximum atomic E-state index is 12.8. The van der Waals surface area contributed by atoms with E-state index in [1.54, 1.807) is 0 Å². The van der Waals surface area contributed by atoms with Gasteiger partial charge in [0.1, 0.15) is 36.3 Å². The van der Waals surface area contributed by atoms with Crippen LogP contribution in [0.15, 0.2) is 12.7 Å². The molecule has 0 aromatic carbocycles. The zero-order valence-electron chi connectivity index (χ0n) is 47.6. The number of carbonyl (C=O) groups excluding carboxylic acids is 3. The number of hydrogen-bond donors (Lipinski definition) is 9. The molecule has 3 heterocycles. The molecule has 0 bridgehead atoms. The molecule has 7 unspecified atom stereocenters. The number of ether oxygens (including phenoxy) is 1. The normalized spacial score (nSPS) is 18.8. The van der Waals surface area contributed by atoms with Crippen molar-refractivity contribution >= 4 is 69.1 Å². The van der Waals surface area contributed by atoms with Crippen LogP contribution in [0.3, 0.4) is 0 Å². The second kappa shape index (κ2) is 39.2. The van der Waals surface area contributed by atoms with Gasteiger partial charge >= 0.3 is 23.5 Å². The van der Waals surface area contributed by atoms with Crippen LogP contribution in [0, 0.1) is 5.41 Å². The number of fused-ring (bicyclic) bond motifs is 1. The highest BCUT2D eigenvalue weighted by Crippen LogP contribution is 2.61. The van der Waals surface area contributed by atoms with Gasteiger partial charge in [0.25, 0.3) is 0 Å². The Kier molecular flexibility index (Phi) is 35.2. The quantitative estimate of drug-likeness (QED) is 0.0220. The molecule has 0 radical (unpaired) electrons. The highest BCUT2D eigenvalue weighted by atomic mass is 32.2. The van der Waals surface area contributed by atoms with E-state index in [4.69, 9.17) is 19.5 Å². The van der Waals surface area contributed by atoms with E-state index in [0.29, 0.717) is 12.2 Å². The summed E-state index contributed by atoms with van der Waals surface area (Å²) in [4.78, 5) is 88.8. The summed E-state index contributed by atoms with van der Waals surface area (Å²) in [6.07, 6.45) is 31.1. The number of nitrogens with one attached hydrogen (secondary N) is 2. The number of carbonyl (C=O) groups is 3. The SMILES string of the molecule is CCCCCCCCCCCCCCCCCCCCCCCCCCCCCCC(=O)SCCNC(=O)CCNC(=O)C(O)C(C)(C)COP(=O)(O)OP(=O)(O)OCC1OC(n2cnc3c(N)ncnc32)C(O)C1OP(=O)(O)O. The van der Waals surface area contributed by atoms with E-state index >= 15 is 0 Å². The second-order valence-corrected chi connectivity index (χ2v) is 27.0. The van der Waals surface area contributed by atoms with Crippen LogP contribution in [0.25, 0.3) is 11.2 Å². The lowest BCUT2D eigenvalue weighted by Crippen LogP contribution is -2.46. The maximum Gasteiger partial charge on any atom is 0.481 e. The third-order valence-corrected chi connectivity index (χ3v) is 18.0. The molecule has 1 saturated heterocycles. The van der Waals surface area contributed by atoms with Crippen molar-refractivity contribution in [3.8, 4) is 0 Å². The number of hydrogen-bond acceptors (Lipinski definition) is 18. The summed E-state index contributed by atoms with van der Waals surface area (Å²) in [5, 5.41) is 26.8. The number of phosphoric ester groups is 3. The Bertz CT molecular complexity index is 2230. The van der Waals surface area contributed by atoms with E-state index in [1.165, 1.54) is 174 Å². The molecule has 2 amide bonds. The molecule has 462 valence electrons. The summed E-state index contributed by atoms with van der Waals surface area (Å²) in [6, 6.07) is 0. The van der Waals surface area contributed by atoms with Crippen LogP contribution in [0.2, 0.25) is 0 Å². The summed E-state index contributed by atoms with van der Waals surface area (Å²) < 4.78 is 62.6. The van der Waals surface area contributed by atoms with Crippen LogP contribution in [0.1, 0.15) is 220 Å². The van der Waals surface area contributed by atoms with E-state index in [0.717, 1.165) is 48.2 Å². The Labute approximate surface area is 477 Å². The Hall–Kier alpha value is -2.44. The van der Waals surface area contributed by atoms with Gasteiger partial charge in [-0.25, -0.2) is 28.6 Å². The van der Waals surface area contributed by atoms with E-state index in [1.807, 2.05) is 0 Å². The minimum atomic E-state index is -5.58. The summed E-state index contributed by atoms with van der Waals surface area (Å²) >= 11 is 1.16. The number of unbranched alkanes of at least 4 members (excludes halogenated alkanes) is 27. The van der Waals surface area contributed by atoms with Crippen LogP contribution < -0.4 is 16.4 Å². The molecule has 0 spiro atoms. The average molecular weight is 1220 g/mol. The van der Waals surface area contributed by atoms with E-state index in [9.17, 15) is 57.9 Å². The minimum absolute atomic E-state index is 0.0351. The van der Waals surface area contributed by atoms with Gasteiger partial charge in [-0.2, -0.15) is 4.31 Å². The molecule has 3 rings (SSSR count). The first-order valence-corrected chi connectivity index (χ1v) is 34.6. The van der Waals surface area contributed by atoms with Crippen molar-refractivity contribution in [2.45, 2.75) is 244 Å². The molecule has 2 aromatic rings. The molecule has 1 aliphatic rings. The zero-order valence-corrected chi connectivity index (χ0v) is 51.1. The predicted octanol–water partition coefficient (Wildman–Crippen LogP) is 10.00. The number of imidazole rings is 1. The van der Waals surface area contributed by atoms with Crippen molar-refractivity contribution in [3.05, 3.63) is 12.7 Å². The molecule has 80 heavy (non-hydrogen) atoms. The zero-order chi connectivity index (χ0) is 58.9. The fourth-order valence-electron chi connectivity index (χ4n) is 9.31. The number of amides is 2. The van der Waals surface area contributed by atoms with Crippen LogP contribution >= 0.6 is 35.2 Å². The number of aliphatic hydroxyl groups excluding tert-OH is 2. The van der Waals surface area contributed by atoms with Crippen LogP contribution in [-0.2, 0) is 50.7 Å². The van der Waals surface area contributed by atoms with Gasteiger partial charge in [-0.3, -0.25) is 32.5 Å². The maximum absolute atomic E-state index is 12.8. The monoisotopic (exact) mass is 1220 g/mol. The van der Waals surface area contributed by atoms with Crippen molar-refractivity contribution < 1.29 is 80.5 Å². The molecule has 7 atom stereocenters. The van der Waals surface area contributed by atoms with Gasteiger partial charge in [-0.05, 0) is 6.42 Å². The third kappa shape index (κ3) is 30.4. The van der Waals surface area contributed by atoms with Crippen molar-refractivity contribution in [2.24, 2.45) is 5.41 Å². The highest BCUT2D eigenvalue weighted by molar-refractivity contribution is 8.13. The molecule has 24 nitrogen and oxygen atoms in total. The largest absolute Gasteiger partial charge is 0.481 e. The lowest BCUT2D eigenvalue weighted by Gasteiger charge is -2.30. The number of aromatic nitrogens is 4. The minimum Gasteiger partial charge on any atom is -0.386 e. The first-order chi connectivity index (χ1) is 38.1. The van der Waals surface area contributed by atoms with Gasteiger partial charge in [0.05, 0.1) is 19.5 Å². The number of nitrogens with zero attached hydrogens (tertiary/aromatic N) is 4. The van der Waals surface area contributed by atoms with Crippen molar-refractivity contribution in [1.29, 1.82) is 0 Å². The highest BCUT2D eigenvalue weighted by Gasteiger charge is 2.50. The number of aliphatic hydroxyl groups is 2. The number of phosphoric acid groups is 3. The Balaban J connectivity index is 1.15. The van der Waals surface area contributed by atoms with Crippen LogP contribution in [-0.4, -0.2) is 123 Å². The molecule has 0 saturated carbocycles. The fourth-order valence-corrected chi connectivity index (χ4v) is 12.9. The number of anilines is 1. The number of rotatable bonds is 48. The van der Waals surface area contributed by atoms with Crippen molar-refractivity contribution in [2.75, 3.05) is 37.8 Å². The lowest BCUT2D eigenvalue weighted by atomic mass is 9.87.